The van der Waals surface area contributed by atoms with Crippen molar-refractivity contribution in [3.8, 4) is 22.8 Å². The molecular formula is C21H22N2O4. The summed E-state index contributed by atoms with van der Waals surface area (Å²) in [5, 5.41) is 9.83. The van der Waals surface area contributed by atoms with Crippen LogP contribution in [0.15, 0.2) is 36.5 Å². The second-order valence-electron chi connectivity index (χ2n) is 8.06. The van der Waals surface area contributed by atoms with Gasteiger partial charge in [-0.05, 0) is 43.2 Å². The molecule has 5 heterocycles. The number of aliphatic hydroxyl groups is 1. The van der Waals surface area contributed by atoms with Crippen LogP contribution < -0.4 is 14.4 Å². The third-order valence-electron chi connectivity index (χ3n) is 6.77. The molecule has 4 atom stereocenters. The van der Waals surface area contributed by atoms with Crippen molar-refractivity contribution in [3.05, 3.63) is 36.5 Å². The molecule has 6 nitrogen and oxygen atoms in total. The summed E-state index contributed by atoms with van der Waals surface area (Å²) in [6, 6.07) is 10.1. The Labute approximate surface area is 157 Å². The Morgan fingerprint density at radius 1 is 1.19 bits per heavy atom. The molecular weight excluding hydrogens is 344 g/mol. The van der Waals surface area contributed by atoms with Crippen LogP contribution in [0.25, 0.3) is 11.3 Å². The van der Waals surface area contributed by atoms with E-state index in [2.05, 4.69) is 22.0 Å². The molecule has 140 valence electrons. The van der Waals surface area contributed by atoms with Crippen LogP contribution >= 0.6 is 0 Å². The van der Waals surface area contributed by atoms with Crippen molar-refractivity contribution in [1.29, 1.82) is 0 Å². The first-order valence-electron chi connectivity index (χ1n) is 9.65. The van der Waals surface area contributed by atoms with Gasteiger partial charge in [-0.1, -0.05) is 0 Å². The van der Waals surface area contributed by atoms with Crippen molar-refractivity contribution in [1.82, 2.24) is 4.98 Å². The summed E-state index contributed by atoms with van der Waals surface area (Å²) in [6.07, 6.45) is 4.30. The van der Waals surface area contributed by atoms with Crippen molar-refractivity contribution >= 4 is 5.69 Å². The van der Waals surface area contributed by atoms with Gasteiger partial charge in [0.2, 0.25) is 6.79 Å². The lowest BCUT2D eigenvalue weighted by atomic mass is 9.74. The average molecular weight is 366 g/mol. The van der Waals surface area contributed by atoms with Crippen LogP contribution in [-0.4, -0.2) is 48.3 Å². The number of aromatic nitrogens is 1. The molecule has 1 aromatic carbocycles. The summed E-state index contributed by atoms with van der Waals surface area (Å²) in [4.78, 5) is 6.96. The van der Waals surface area contributed by atoms with Gasteiger partial charge in [0.15, 0.2) is 11.5 Å². The molecule has 2 bridgehead atoms. The van der Waals surface area contributed by atoms with Crippen LogP contribution in [0.2, 0.25) is 0 Å². The maximum absolute atomic E-state index is 9.83. The summed E-state index contributed by atoms with van der Waals surface area (Å²) >= 11 is 0. The topological polar surface area (TPSA) is 64.1 Å². The molecule has 0 saturated carbocycles. The van der Waals surface area contributed by atoms with Crippen LogP contribution in [0.4, 0.5) is 5.69 Å². The number of pyridine rings is 1. The van der Waals surface area contributed by atoms with E-state index in [1.807, 2.05) is 24.4 Å². The predicted molar refractivity (Wildman–Crippen MR) is 98.9 cm³/mol. The largest absolute Gasteiger partial charge is 0.454 e. The smallest absolute Gasteiger partial charge is 0.231 e. The van der Waals surface area contributed by atoms with Gasteiger partial charge in [-0.15, -0.1) is 0 Å². The summed E-state index contributed by atoms with van der Waals surface area (Å²) < 4.78 is 17.3. The highest BCUT2D eigenvalue weighted by Crippen LogP contribution is 2.55. The van der Waals surface area contributed by atoms with Gasteiger partial charge in [0, 0.05) is 49.0 Å². The highest BCUT2D eigenvalue weighted by molar-refractivity contribution is 5.68. The van der Waals surface area contributed by atoms with Crippen LogP contribution in [0.1, 0.15) is 12.8 Å². The lowest BCUT2D eigenvalue weighted by Crippen LogP contribution is -2.37. The zero-order valence-corrected chi connectivity index (χ0v) is 15.0. The molecule has 27 heavy (non-hydrogen) atoms. The standard InChI is InChI=1S/C21H22N2O4/c24-10-15-16-9-23(11-21(16)5-3-18(15)27-21)14-4-6-22-17(8-14)13-1-2-19-20(7-13)26-12-25-19/h1-2,4,6-8,15-16,18,24H,3,5,9-12H2/t15-,16+,18+,21+/m1/s1. The fraction of sp³-hybridized carbons (Fsp3) is 0.476. The second kappa shape index (κ2) is 5.59. The van der Waals surface area contributed by atoms with E-state index in [4.69, 9.17) is 14.2 Å². The fourth-order valence-corrected chi connectivity index (χ4v) is 5.46. The molecule has 1 aromatic heterocycles. The Morgan fingerprint density at radius 3 is 3.04 bits per heavy atom. The molecule has 3 fully saturated rings. The number of anilines is 1. The molecule has 0 radical (unpaired) electrons. The van der Waals surface area contributed by atoms with Gasteiger partial charge in [0.05, 0.1) is 17.4 Å². The molecule has 0 aliphatic carbocycles. The van der Waals surface area contributed by atoms with Gasteiger partial charge in [-0.3, -0.25) is 4.98 Å². The zero-order valence-electron chi connectivity index (χ0n) is 15.0. The van der Waals surface area contributed by atoms with Crippen LogP contribution in [0.5, 0.6) is 11.5 Å². The van der Waals surface area contributed by atoms with Gasteiger partial charge in [-0.25, -0.2) is 0 Å². The summed E-state index contributed by atoms with van der Waals surface area (Å²) in [6.45, 7) is 2.34. The van der Waals surface area contributed by atoms with E-state index in [0.29, 0.717) is 5.92 Å². The molecule has 6 heteroatoms. The maximum Gasteiger partial charge on any atom is 0.231 e. The summed E-state index contributed by atoms with van der Waals surface area (Å²) in [7, 11) is 0. The first kappa shape index (κ1) is 15.7. The van der Waals surface area contributed by atoms with Crippen molar-refractivity contribution in [2.45, 2.75) is 24.5 Å². The van der Waals surface area contributed by atoms with Gasteiger partial charge in [0.25, 0.3) is 0 Å². The van der Waals surface area contributed by atoms with E-state index in [-0.39, 0.29) is 31.0 Å². The van der Waals surface area contributed by atoms with E-state index in [0.717, 1.165) is 54.4 Å². The van der Waals surface area contributed by atoms with Gasteiger partial charge in [-0.2, -0.15) is 0 Å². The van der Waals surface area contributed by atoms with E-state index in [1.165, 1.54) is 0 Å². The first-order valence-corrected chi connectivity index (χ1v) is 9.65. The SMILES string of the molecule is OC[C@H]1[C@@H]2CC[C@@]3(CN(c4ccnc(-c5ccc6c(c5)OCO6)c4)C[C@@H]13)O2. The number of rotatable bonds is 3. The van der Waals surface area contributed by atoms with Gasteiger partial charge < -0.3 is 24.2 Å². The van der Waals surface area contributed by atoms with E-state index in [9.17, 15) is 5.11 Å². The Kier molecular flexibility index (Phi) is 3.26. The molecule has 2 aromatic rings. The number of nitrogens with zero attached hydrogens (tertiary/aromatic N) is 2. The van der Waals surface area contributed by atoms with Crippen molar-refractivity contribution in [3.63, 3.8) is 0 Å². The number of fused-ring (bicyclic) bond motifs is 2. The minimum absolute atomic E-state index is 0.0692. The van der Waals surface area contributed by atoms with Crippen LogP contribution in [0.3, 0.4) is 0 Å². The molecule has 0 unspecified atom stereocenters. The predicted octanol–water partition coefficient (Wildman–Crippen LogP) is 2.45. The lowest BCUT2D eigenvalue weighted by molar-refractivity contribution is 0.0129. The fourth-order valence-electron chi connectivity index (χ4n) is 5.46. The molecule has 0 amide bonds. The van der Waals surface area contributed by atoms with E-state index >= 15 is 0 Å². The van der Waals surface area contributed by atoms with Crippen LogP contribution in [-0.2, 0) is 4.74 Å². The maximum atomic E-state index is 9.83. The van der Waals surface area contributed by atoms with Crippen molar-refractivity contribution in [2.75, 3.05) is 31.4 Å². The quantitative estimate of drug-likeness (QED) is 0.900. The highest BCUT2D eigenvalue weighted by atomic mass is 16.7. The third-order valence-corrected chi connectivity index (χ3v) is 6.77. The third kappa shape index (κ3) is 2.23. The monoisotopic (exact) mass is 366 g/mol. The molecule has 1 N–H and O–H groups in total. The van der Waals surface area contributed by atoms with E-state index in [1.54, 1.807) is 0 Å². The van der Waals surface area contributed by atoms with Crippen molar-refractivity contribution in [2.24, 2.45) is 11.8 Å². The Bertz CT molecular complexity index is 904. The highest BCUT2D eigenvalue weighted by Gasteiger charge is 2.62. The summed E-state index contributed by atoms with van der Waals surface area (Å²) in [5.41, 5.74) is 3.03. The Hall–Kier alpha value is -2.31. The normalized spacial score (nSPS) is 32.9. The first-order chi connectivity index (χ1) is 13.3. The molecule has 4 aliphatic rings. The lowest BCUT2D eigenvalue weighted by Gasteiger charge is -2.27. The van der Waals surface area contributed by atoms with Crippen molar-refractivity contribution < 1.29 is 19.3 Å². The zero-order chi connectivity index (χ0) is 18.0. The number of aliphatic hydroxyl groups excluding tert-OH is 1. The van der Waals surface area contributed by atoms with E-state index < -0.39 is 0 Å². The molecule has 6 rings (SSSR count). The van der Waals surface area contributed by atoms with Gasteiger partial charge in [0.1, 0.15) is 0 Å². The van der Waals surface area contributed by atoms with Crippen LogP contribution in [0, 0.1) is 11.8 Å². The number of benzene rings is 1. The minimum Gasteiger partial charge on any atom is -0.454 e. The summed E-state index contributed by atoms with van der Waals surface area (Å²) in [5.74, 6) is 2.25. The molecule has 4 aliphatic heterocycles. The minimum atomic E-state index is -0.0692. The number of ether oxygens (including phenoxy) is 3. The average Bonchev–Trinajstić information content (AvgIpc) is 3.46. The Balaban J connectivity index is 1.30. The number of hydrogen-bond acceptors (Lipinski definition) is 6. The second-order valence-corrected chi connectivity index (χ2v) is 8.06. The molecule has 3 saturated heterocycles. The number of hydrogen-bond donors (Lipinski definition) is 1. The van der Waals surface area contributed by atoms with Gasteiger partial charge >= 0.3 is 0 Å². The molecule has 1 spiro atoms. The Morgan fingerprint density at radius 2 is 2.11 bits per heavy atom.